The van der Waals surface area contributed by atoms with Crippen molar-refractivity contribution >= 4 is 0 Å². The molecule has 0 amide bonds. The summed E-state index contributed by atoms with van der Waals surface area (Å²) in [6.45, 7) is 3.21. The van der Waals surface area contributed by atoms with E-state index in [1.165, 1.54) is 0 Å². The number of hydrogen-bond acceptors (Lipinski definition) is 4. The van der Waals surface area contributed by atoms with Gasteiger partial charge in [-0.25, -0.2) is 0 Å². The van der Waals surface area contributed by atoms with Gasteiger partial charge >= 0.3 is 0 Å². The Morgan fingerprint density at radius 2 is 2.18 bits per heavy atom. The first-order chi connectivity index (χ1) is 5.35. The van der Waals surface area contributed by atoms with E-state index in [1.807, 2.05) is 6.92 Å². The Hall–Kier alpha value is -0.160. The van der Waals surface area contributed by atoms with Crippen LogP contribution in [0.15, 0.2) is 0 Å². The maximum absolute atomic E-state index is 8.38. The molecule has 1 N–H and O–H groups in total. The molecule has 0 aromatic carbocycles. The molecule has 0 aliphatic rings. The zero-order valence-corrected chi connectivity index (χ0v) is 7.08. The second-order valence-corrected chi connectivity index (χ2v) is 1.92. The molecule has 4 nitrogen and oxygen atoms in total. The lowest BCUT2D eigenvalue weighted by Crippen LogP contribution is -2.22. The second kappa shape index (κ2) is 7.94. The van der Waals surface area contributed by atoms with E-state index in [1.54, 1.807) is 7.11 Å². The summed E-state index contributed by atoms with van der Waals surface area (Å²) in [4.78, 5) is 0. The van der Waals surface area contributed by atoms with E-state index >= 15 is 0 Å². The summed E-state index contributed by atoms with van der Waals surface area (Å²) in [5.41, 5.74) is 0. The highest BCUT2D eigenvalue weighted by atomic mass is 16.7. The van der Waals surface area contributed by atoms with E-state index in [4.69, 9.17) is 19.3 Å². The van der Waals surface area contributed by atoms with Gasteiger partial charge in [0.2, 0.25) is 0 Å². The molecule has 0 saturated carbocycles. The predicted molar refractivity (Wildman–Crippen MR) is 40.3 cm³/mol. The van der Waals surface area contributed by atoms with Gasteiger partial charge in [-0.1, -0.05) is 0 Å². The largest absolute Gasteiger partial charge is 0.394 e. The fourth-order valence-corrected chi connectivity index (χ4v) is 0.614. The van der Waals surface area contributed by atoms with Gasteiger partial charge in [0.1, 0.15) is 0 Å². The summed E-state index contributed by atoms with van der Waals surface area (Å²) in [7, 11) is 1.56. The fraction of sp³-hybridized carbons (Fsp3) is 1.00. The van der Waals surface area contributed by atoms with Gasteiger partial charge in [-0.3, -0.25) is 0 Å². The molecule has 68 valence electrons. The standard InChI is InChI=1S/C7H16O4/c1-3-11-7(9-2)6-10-5-4-8/h7-8H,3-6H2,1-2H3. The van der Waals surface area contributed by atoms with E-state index < -0.39 is 0 Å². The van der Waals surface area contributed by atoms with Crippen LogP contribution in [-0.2, 0) is 14.2 Å². The highest BCUT2D eigenvalue weighted by Gasteiger charge is 2.04. The van der Waals surface area contributed by atoms with Crippen molar-refractivity contribution in [3.63, 3.8) is 0 Å². The van der Waals surface area contributed by atoms with Gasteiger partial charge in [-0.2, -0.15) is 0 Å². The third kappa shape index (κ3) is 6.25. The Kier molecular flexibility index (Phi) is 7.83. The molecular formula is C7H16O4. The van der Waals surface area contributed by atoms with Crippen LogP contribution in [0, 0.1) is 0 Å². The van der Waals surface area contributed by atoms with E-state index in [2.05, 4.69) is 0 Å². The topological polar surface area (TPSA) is 47.9 Å². The van der Waals surface area contributed by atoms with Crippen LogP contribution in [0.2, 0.25) is 0 Å². The summed E-state index contributed by atoms with van der Waals surface area (Å²) in [5, 5.41) is 8.38. The van der Waals surface area contributed by atoms with Crippen molar-refractivity contribution in [1.82, 2.24) is 0 Å². The number of aliphatic hydroxyl groups is 1. The molecule has 4 heteroatoms. The number of rotatable bonds is 7. The minimum absolute atomic E-state index is 0.0303. The maximum atomic E-state index is 8.38. The average Bonchev–Trinajstić information content (AvgIpc) is 2.03. The van der Waals surface area contributed by atoms with E-state index in [0.717, 1.165) is 0 Å². The van der Waals surface area contributed by atoms with Crippen LogP contribution in [0.5, 0.6) is 0 Å². The predicted octanol–water partition coefficient (Wildman–Crippen LogP) is 0.00430. The first kappa shape index (κ1) is 10.8. The summed E-state index contributed by atoms with van der Waals surface area (Å²) >= 11 is 0. The van der Waals surface area contributed by atoms with Crippen LogP contribution in [-0.4, -0.2) is 44.9 Å². The van der Waals surface area contributed by atoms with Crippen molar-refractivity contribution in [3.05, 3.63) is 0 Å². The molecule has 11 heavy (non-hydrogen) atoms. The van der Waals surface area contributed by atoms with Crippen molar-refractivity contribution < 1.29 is 19.3 Å². The maximum Gasteiger partial charge on any atom is 0.180 e. The minimum atomic E-state index is -0.313. The smallest absolute Gasteiger partial charge is 0.180 e. The highest BCUT2D eigenvalue weighted by Crippen LogP contribution is 1.93. The first-order valence-electron chi connectivity index (χ1n) is 3.68. The Bertz CT molecular complexity index is 76.8. The van der Waals surface area contributed by atoms with Crippen molar-refractivity contribution in [1.29, 1.82) is 0 Å². The first-order valence-corrected chi connectivity index (χ1v) is 3.68. The second-order valence-electron chi connectivity index (χ2n) is 1.92. The Morgan fingerprint density at radius 1 is 1.45 bits per heavy atom. The lowest BCUT2D eigenvalue weighted by molar-refractivity contribution is -0.155. The highest BCUT2D eigenvalue weighted by molar-refractivity contribution is 4.39. The van der Waals surface area contributed by atoms with E-state index in [-0.39, 0.29) is 12.9 Å². The fourth-order valence-electron chi connectivity index (χ4n) is 0.614. The molecule has 0 aliphatic carbocycles. The van der Waals surface area contributed by atoms with Crippen molar-refractivity contribution in [2.24, 2.45) is 0 Å². The van der Waals surface area contributed by atoms with Crippen LogP contribution in [0.4, 0.5) is 0 Å². The van der Waals surface area contributed by atoms with Gasteiger partial charge in [0.15, 0.2) is 6.29 Å². The Balaban J connectivity index is 3.20. The monoisotopic (exact) mass is 164 g/mol. The van der Waals surface area contributed by atoms with Crippen LogP contribution >= 0.6 is 0 Å². The molecule has 0 aromatic rings. The Morgan fingerprint density at radius 3 is 2.64 bits per heavy atom. The molecule has 0 bridgehead atoms. The number of methoxy groups -OCH3 is 1. The van der Waals surface area contributed by atoms with Crippen LogP contribution in [0.3, 0.4) is 0 Å². The number of ether oxygens (including phenoxy) is 3. The lowest BCUT2D eigenvalue weighted by Gasteiger charge is -2.14. The van der Waals surface area contributed by atoms with E-state index in [0.29, 0.717) is 19.8 Å². The van der Waals surface area contributed by atoms with Crippen LogP contribution in [0.1, 0.15) is 6.92 Å². The van der Waals surface area contributed by atoms with Crippen molar-refractivity contribution in [2.75, 3.05) is 33.5 Å². The summed E-state index contributed by atoms with van der Waals surface area (Å²) in [6, 6.07) is 0. The zero-order chi connectivity index (χ0) is 8.53. The van der Waals surface area contributed by atoms with Crippen LogP contribution < -0.4 is 0 Å². The van der Waals surface area contributed by atoms with Crippen LogP contribution in [0.25, 0.3) is 0 Å². The average molecular weight is 164 g/mol. The summed E-state index contributed by atoms with van der Waals surface area (Å²) < 4.78 is 15.0. The van der Waals surface area contributed by atoms with Crippen molar-refractivity contribution in [2.45, 2.75) is 13.2 Å². The van der Waals surface area contributed by atoms with Gasteiger partial charge in [-0.15, -0.1) is 0 Å². The molecule has 0 fully saturated rings. The SMILES string of the molecule is CCOC(COCCO)OC. The Labute approximate surface area is 67.1 Å². The van der Waals surface area contributed by atoms with E-state index in [9.17, 15) is 0 Å². The lowest BCUT2D eigenvalue weighted by atomic mass is 10.6. The number of aliphatic hydroxyl groups excluding tert-OH is 1. The molecule has 0 rings (SSSR count). The molecule has 0 aromatic heterocycles. The molecule has 0 heterocycles. The van der Waals surface area contributed by atoms with Gasteiger partial charge in [-0.05, 0) is 6.92 Å². The molecule has 0 aliphatic heterocycles. The molecule has 0 spiro atoms. The summed E-state index contributed by atoms with van der Waals surface area (Å²) in [6.07, 6.45) is -0.313. The van der Waals surface area contributed by atoms with Crippen molar-refractivity contribution in [3.8, 4) is 0 Å². The molecule has 1 unspecified atom stereocenters. The minimum Gasteiger partial charge on any atom is -0.394 e. The quantitative estimate of drug-likeness (QED) is 0.425. The third-order valence-corrected chi connectivity index (χ3v) is 1.11. The van der Waals surface area contributed by atoms with Gasteiger partial charge < -0.3 is 19.3 Å². The third-order valence-electron chi connectivity index (χ3n) is 1.11. The van der Waals surface area contributed by atoms with Gasteiger partial charge in [0, 0.05) is 13.7 Å². The zero-order valence-electron chi connectivity index (χ0n) is 7.08. The summed E-state index contributed by atoms with van der Waals surface area (Å²) in [5.74, 6) is 0. The molecule has 1 atom stereocenters. The number of hydrogen-bond donors (Lipinski definition) is 1. The normalized spacial score (nSPS) is 13.4. The molecular weight excluding hydrogens is 148 g/mol. The van der Waals surface area contributed by atoms with Gasteiger partial charge in [0.05, 0.1) is 19.8 Å². The molecule has 0 radical (unpaired) electrons. The van der Waals surface area contributed by atoms with Gasteiger partial charge in [0.25, 0.3) is 0 Å². The molecule has 0 saturated heterocycles.